The van der Waals surface area contributed by atoms with Gasteiger partial charge in [-0.15, -0.1) is 0 Å². The van der Waals surface area contributed by atoms with E-state index in [1.807, 2.05) is 32.0 Å². The Labute approximate surface area is 118 Å². The Morgan fingerprint density at radius 1 is 1.20 bits per heavy atom. The minimum atomic E-state index is -0.641. The van der Waals surface area contributed by atoms with Gasteiger partial charge in [-0.05, 0) is 37.6 Å². The molecule has 106 valence electrons. The lowest BCUT2D eigenvalue weighted by atomic mass is 10.0. The Kier molecular flexibility index (Phi) is 4.13. The molecule has 0 radical (unpaired) electrons. The van der Waals surface area contributed by atoms with E-state index < -0.39 is 5.82 Å². The number of hydrogen-bond donors (Lipinski definition) is 2. The van der Waals surface area contributed by atoms with E-state index in [2.05, 4.69) is 5.32 Å². The van der Waals surface area contributed by atoms with Gasteiger partial charge >= 0.3 is 0 Å². The van der Waals surface area contributed by atoms with Gasteiger partial charge in [0.1, 0.15) is 5.75 Å². The van der Waals surface area contributed by atoms with E-state index >= 15 is 0 Å². The molecule has 0 bridgehead atoms. The molecular formula is C16H18FNO2. The summed E-state index contributed by atoms with van der Waals surface area (Å²) in [7, 11) is 1.63. The van der Waals surface area contributed by atoms with Crippen molar-refractivity contribution in [3.8, 4) is 11.5 Å². The molecule has 20 heavy (non-hydrogen) atoms. The molecule has 4 heteroatoms. The molecule has 2 aromatic rings. The molecule has 0 aromatic heterocycles. The van der Waals surface area contributed by atoms with Crippen LogP contribution in [-0.2, 0) is 0 Å². The van der Waals surface area contributed by atoms with Crippen molar-refractivity contribution in [1.29, 1.82) is 0 Å². The summed E-state index contributed by atoms with van der Waals surface area (Å²) in [4.78, 5) is 0. The highest BCUT2D eigenvalue weighted by molar-refractivity contribution is 5.50. The highest BCUT2D eigenvalue weighted by Crippen LogP contribution is 2.29. The molecule has 0 amide bonds. The Balaban J connectivity index is 2.23. The highest BCUT2D eigenvalue weighted by atomic mass is 19.1. The molecule has 0 fully saturated rings. The maximum absolute atomic E-state index is 13.3. The van der Waals surface area contributed by atoms with Crippen molar-refractivity contribution in [1.82, 2.24) is 0 Å². The maximum Gasteiger partial charge on any atom is 0.166 e. The van der Waals surface area contributed by atoms with Crippen molar-refractivity contribution in [2.45, 2.75) is 19.9 Å². The van der Waals surface area contributed by atoms with Crippen molar-refractivity contribution in [3.63, 3.8) is 0 Å². The number of halogens is 1. The third-order valence-corrected chi connectivity index (χ3v) is 3.19. The molecule has 1 unspecified atom stereocenters. The topological polar surface area (TPSA) is 41.5 Å². The average molecular weight is 275 g/mol. The minimum Gasteiger partial charge on any atom is -0.505 e. The van der Waals surface area contributed by atoms with Crippen LogP contribution in [0.5, 0.6) is 11.5 Å². The number of aryl methyl sites for hydroxylation is 1. The van der Waals surface area contributed by atoms with Crippen LogP contribution in [0.3, 0.4) is 0 Å². The molecule has 2 N–H and O–H groups in total. The number of rotatable bonds is 4. The van der Waals surface area contributed by atoms with Gasteiger partial charge in [0.25, 0.3) is 0 Å². The van der Waals surface area contributed by atoms with E-state index in [9.17, 15) is 9.50 Å². The Bertz CT molecular complexity index is 613. The van der Waals surface area contributed by atoms with Gasteiger partial charge in [-0.3, -0.25) is 0 Å². The molecule has 3 nitrogen and oxygen atoms in total. The first kappa shape index (κ1) is 14.2. The molecule has 0 heterocycles. The third-order valence-electron chi connectivity index (χ3n) is 3.19. The lowest BCUT2D eigenvalue weighted by Gasteiger charge is -2.19. The summed E-state index contributed by atoms with van der Waals surface area (Å²) in [5.41, 5.74) is 2.72. The number of hydrogen-bond acceptors (Lipinski definition) is 3. The number of nitrogens with one attached hydrogen (secondary N) is 1. The summed E-state index contributed by atoms with van der Waals surface area (Å²) >= 11 is 0. The van der Waals surface area contributed by atoms with Crippen molar-refractivity contribution < 1.29 is 14.2 Å². The molecular weight excluding hydrogens is 257 g/mol. The smallest absolute Gasteiger partial charge is 0.166 e. The van der Waals surface area contributed by atoms with Crippen LogP contribution in [0.4, 0.5) is 10.1 Å². The molecule has 0 aliphatic carbocycles. The second-order valence-corrected chi connectivity index (χ2v) is 4.78. The molecule has 2 rings (SSSR count). The lowest BCUT2D eigenvalue weighted by molar-refractivity contribution is 0.407. The average Bonchev–Trinajstić information content (AvgIpc) is 2.42. The molecule has 0 saturated carbocycles. The standard InChI is InChI=1S/C16H18FNO2/c1-10-4-6-13(16(8-10)20-3)11(2)18-12-5-7-15(19)14(17)9-12/h4-9,11,18-19H,1-3H3. The Morgan fingerprint density at radius 3 is 2.60 bits per heavy atom. The fourth-order valence-electron chi connectivity index (χ4n) is 2.10. The lowest BCUT2D eigenvalue weighted by Crippen LogP contribution is -2.08. The number of benzene rings is 2. The van der Waals surface area contributed by atoms with E-state index in [1.165, 1.54) is 12.1 Å². The largest absolute Gasteiger partial charge is 0.505 e. The van der Waals surface area contributed by atoms with Gasteiger partial charge in [0.15, 0.2) is 11.6 Å². The first-order valence-electron chi connectivity index (χ1n) is 6.41. The van der Waals surface area contributed by atoms with E-state index in [0.717, 1.165) is 16.9 Å². The van der Waals surface area contributed by atoms with Gasteiger partial charge in [0, 0.05) is 17.3 Å². The number of anilines is 1. The summed E-state index contributed by atoms with van der Waals surface area (Å²) in [6.45, 7) is 3.97. The third kappa shape index (κ3) is 3.02. The normalized spacial score (nSPS) is 12.0. The summed E-state index contributed by atoms with van der Waals surface area (Å²) in [5, 5.41) is 12.4. The monoisotopic (exact) mass is 275 g/mol. The van der Waals surface area contributed by atoms with Gasteiger partial charge < -0.3 is 15.2 Å². The molecule has 0 spiro atoms. The molecule has 0 saturated heterocycles. The number of ether oxygens (including phenoxy) is 1. The quantitative estimate of drug-likeness (QED) is 0.828. The van der Waals surface area contributed by atoms with Gasteiger partial charge in [0.05, 0.1) is 13.2 Å². The van der Waals surface area contributed by atoms with Crippen LogP contribution in [0.1, 0.15) is 24.1 Å². The molecule has 0 aliphatic rings. The summed E-state index contributed by atoms with van der Waals surface area (Å²) < 4.78 is 18.7. The van der Waals surface area contributed by atoms with Crippen molar-refractivity contribution >= 4 is 5.69 Å². The predicted octanol–water partition coefficient (Wildman–Crippen LogP) is 4.02. The van der Waals surface area contributed by atoms with E-state index in [0.29, 0.717) is 5.69 Å². The maximum atomic E-state index is 13.3. The highest BCUT2D eigenvalue weighted by Gasteiger charge is 2.12. The number of phenolic OH excluding ortho intramolecular Hbond substituents is 1. The minimum absolute atomic E-state index is 0.0468. The summed E-state index contributed by atoms with van der Waals surface area (Å²) in [6.07, 6.45) is 0. The Morgan fingerprint density at radius 2 is 1.95 bits per heavy atom. The van der Waals surface area contributed by atoms with Gasteiger partial charge in [-0.1, -0.05) is 12.1 Å². The van der Waals surface area contributed by atoms with Crippen LogP contribution in [0.25, 0.3) is 0 Å². The van der Waals surface area contributed by atoms with E-state index in [4.69, 9.17) is 4.74 Å². The fraction of sp³-hybridized carbons (Fsp3) is 0.250. The molecule has 1 atom stereocenters. The van der Waals surface area contributed by atoms with Crippen LogP contribution >= 0.6 is 0 Å². The van der Waals surface area contributed by atoms with E-state index in [1.54, 1.807) is 13.2 Å². The number of aromatic hydroxyl groups is 1. The van der Waals surface area contributed by atoms with Crippen LogP contribution < -0.4 is 10.1 Å². The van der Waals surface area contributed by atoms with Crippen molar-refractivity contribution in [2.24, 2.45) is 0 Å². The zero-order valence-electron chi connectivity index (χ0n) is 11.8. The predicted molar refractivity (Wildman–Crippen MR) is 77.8 cm³/mol. The van der Waals surface area contributed by atoms with Crippen LogP contribution in [0, 0.1) is 12.7 Å². The second-order valence-electron chi connectivity index (χ2n) is 4.78. The number of phenols is 1. The van der Waals surface area contributed by atoms with Crippen molar-refractivity contribution in [3.05, 3.63) is 53.3 Å². The fourth-order valence-corrected chi connectivity index (χ4v) is 2.10. The van der Waals surface area contributed by atoms with Crippen LogP contribution in [0.15, 0.2) is 36.4 Å². The molecule has 2 aromatic carbocycles. The zero-order chi connectivity index (χ0) is 14.7. The number of methoxy groups -OCH3 is 1. The van der Waals surface area contributed by atoms with Gasteiger partial charge in [-0.2, -0.15) is 0 Å². The van der Waals surface area contributed by atoms with Crippen LogP contribution in [0.2, 0.25) is 0 Å². The van der Waals surface area contributed by atoms with Crippen LogP contribution in [-0.4, -0.2) is 12.2 Å². The SMILES string of the molecule is COc1cc(C)ccc1C(C)Nc1ccc(O)c(F)c1. The first-order chi connectivity index (χ1) is 9.51. The summed E-state index contributed by atoms with van der Waals surface area (Å²) in [6, 6.07) is 10.1. The first-order valence-corrected chi connectivity index (χ1v) is 6.41. The van der Waals surface area contributed by atoms with Gasteiger partial charge in [-0.25, -0.2) is 4.39 Å². The van der Waals surface area contributed by atoms with Gasteiger partial charge in [0.2, 0.25) is 0 Å². The zero-order valence-corrected chi connectivity index (χ0v) is 11.8. The molecule has 0 aliphatic heterocycles. The van der Waals surface area contributed by atoms with Crippen molar-refractivity contribution in [2.75, 3.05) is 12.4 Å². The van der Waals surface area contributed by atoms with E-state index in [-0.39, 0.29) is 11.8 Å². The second kappa shape index (κ2) is 5.82. The summed E-state index contributed by atoms with van der Waals surface area (Å²) in [5.74, 6) is -0.196. The Hall–Kier alpha value is -2.23.